The third-order valence-electron chi connectivity index (χ3n) is 8.29. The van der Waals surface area contributed by atoms with Crippen LogP contribution in [0.1, 0.15) is 129 Å². The van der Waals surface area contributed by atoms with Crippen LogP contribution in [0, 0.1) is 5.92 Å². The average Bonchev–Trinajstić information content (AvgIpc) is 3.04. The smallest absolute Gasteiger partial charge is 0.336 e. The summed E-state index contributed by atoms with van der Waals surface area (Å²) in [5.41, 5.74) is -1.91. The van der Waals surface area contributed by atoms with Crippen LogP contribution in [0.25, 0.3) is 0 Å². The van der Waals surface area contributed by atoms with E-state index in [4.69, 9.17) is 4.74 Å². The molecule has 0 aromatic heterocycles. The average molecular weight is 648 g/mol. The van der Waals surface area contributed by atoms with Crippen molar-refractivity contribution in [2.75, 3.05) is 13.3 Å². The molecule has 0 heterocycles. The first kappa shape index (κ1) is 41.0. The summed E-state index contributed by atoms with van der Waals surface area (Å²) in [7, 11) is 0. The van der Waals surface area contributed by atoms with Crippen molar-refractivity contribution in [3.05, 3.63) is 42.0 Å². The molecule has 0 radical (unpaired) electrons. The Morgan fingerprint density at radius 2 is 1.50 bits per heavy atom. The second kappa shape index (κ2) is 24.2. The molecular weight excluding hydrogens is 589 g/mol. The normalized spacial score (nSPS) is 14.0. The SMILES string of the molecule is CCCCCCCC(=O)CCCCCC/C=C/[C@H](C(=O)N[C@@H](Cc1ccc(OCCCC)cc1)C(=O)CC)[C@@](O)(CCF)C(=O)O. The molecule has 260 valence electrons. The van der Waals surface area contributed by atoms with Crippen molar-refractivity contribution >= 4 is 23.4 Å². The number of aliphatic hydroxyl groups is 1. The zero-order valence-corrected chi connectivity index (χ0v) is 28.4. The highest BCUT2D eigenvalue weighted by Crippen LogP contribution is 2.26. The van der Waals surface area contributed by atoms with Gasteiger partial charge in [0.2, 0.25) is 5.91 Å². The molecule has 1 aromatic carbocycles. The van der Waals surface area contributed by atoms with Crippen LogP contribution in [0.5, 0.6) is 5.75 Å². The molecule has 3 atom stereocenters. The van der Waals surface area contributed by atoms with E-state index >= 15 is 0 Å². The first-order valence-corrected chi connectivity index (χ1v) is 17.4. The van der Waals surface area contributed by atoms with Gasteiger partial charge >= 0.3 is 5.97 Å². The number of carbonyl (C=O) groups excluding carboxylic acids is 3. The van der Waals surface area contributed by atoms with Crippen LogP contribution in [-0.2, 0) is 25.6 Å². The fraction of sp³-hybridized carbons (Fsp3) is 0.676. The fourth-order valence-electron chi connectivity index (χ4n) is 5.27. The summed E-state index contributed by atoms with van der Waals surface area (Å²) >= 11 is 0. The van der Waals surface area contributed by atoms with Crippen LogP contribution >= 0.6 is 0 Å². The lowest BCUT2D eigenvalue weighted by Crippen LogP contribution is -2.54. The van der Waals surface area contributed by atoms with E-state index in [9.17, 15) is 33.8 Å². The number of allylic oxidation sites excluding steroid dienone is 1. The molecule has 0 saturated carbocycles. The molecule has 1 aromatic rings. The van der Waals surface area contributed by atoms with Gasteiger partial charge in [0, 0.05) is 25.7 Å². The van der Waals surface area contributed by atoms with Crippen LogP contribution in [0.3, 0.4) is 0 Å². The second-order valence-electron chi connectivity index (χ2n) is 12.2. The molecule has 0 aliphatic rings. The maximum atomic E-state index is 13.5. The van der Waals surface area contributed by atoms with Gasteiger partial charge in [-0.1, -0.05) is 90.0 Å². The minimum Gasteiger partial charge on any atom is -0.494 e. The molecule has 0 fully saturated rings. The number of halogens is 1. The van der Waals surface area contributed by atoms with Gasteiger partial charge in [0.1, 0.15) is 11.5 Å². The number of benzene rings is 1. The number of rotatable bonds is 28. The standard InChI is InChI=1S/C37H58FNO7/c1-4-7-9-12-15-18-30(40)19-16-13-10-11-14-17-20-32(37(45,25-26-38)36(43)44)35(42)39-33(34(41)6-3)28-29-21-23-31(24-22-29)46-27-8-5-2/h17,20-24,32-33,45H,4-16,18-19,25-28H2,1-3H3,(H,39,42)(H,43,44)/b20-17+/t32-,33+,37+/m1/s1. The van der Waals surface area contributed by atoms with Crippen molar-refractivity contribution in [1.82, 2.24) is 5.32 Å². The molecule has 0 saturated heterocycles. The Hall–Kier alpha value is -3.07. The highest BCUT2D eigenvalue weighted by atomic mass is 19.1. The molecular formula is C37H58FNO7. The van der Waals surface area contributed by atoms with Gasteiger partial charge in [-0.15, -0.1) is 0 Å². The Labute approximate surface area is 275 Å². The molecule has 0 bridgehead atoms. The summed E-state index contributed by atoms with van der Waals surface area (Å²) < 4.78 is 19.1. The molecule has 1 amide bonds. The van der Waals surface area contributed by atoms with E-state index in [0.717, 1.165) is 56.9 Å². The van der Waals surface area contributed by atoms with Gasteiger partial charge in [-0.05, 0) is 56.2 Å². The lowest BCUT2D eigenvalue weighted by Gasteiger charge is -2.30. The van der Waals surface area contributed by atoms with Gasteiger partial charge in [0.25, 0.3) is 0 Å². The third-order valence-corrected chi connectivity index (χ3v) is 8.29. The van der Waals surface area contributed by atoms with Crippen LogP contribution in [-0.4, -0.2) is 58.6 Å². The second-order valence-corrected chi connectivity index (χ2v) is 12.2. The number of carboxylic acids is 1. The minimum atomic E-state index is -2.68. The van der Waals surface area contributed by atoms with Gasteiger partial charge < -0.3 is 20.3 Å². The number of alkyl halides is 1. The number of hydrogen-bond donors (Lipinski definition) is 3. The van der Waals surface area contributed by atoms with E-state index in [1.165, 1.54) is 25.3 Å². The number of nitrogens with one attached hydrogen (secondary N) is 1. The molecule has 1 rings (SSSR count). The molecule has 3 N–H and O–H groups in total. The van der Waals surface area contributed by atoms with E-state index in [-0.39, 0.29) is 18.6 Å². The van der Waals surface area contributed by atoms with Crippen LogP contribution < -0.4 is 10.1 Å². The number of ketones is 2. The quantitative estimate of drug-likeness (QED) is 0.0635. The van der Waals surface area contributed by atoms with E-state index in [1.54, 1.807) is 25.1 Å². The Balaban J connectivity index is 2.81. The summed E-state index contributed by atoms with van der Waals surface area (Å²) in [5, 5.41) is 23.4. The predicted molar refractivity (Wildman–Crippen MR) is 180 cm³/mol. The molecule has 0 aliphatic carbocycles. The van der Waals surface area contributed by atoms with Gasteiger partial charge in [-0.25, -0.2) is 4.79 Å². The summed E-state index contributed by atoms with van der Waals surface area (Å²) in [5.74, 6) is -3.41. The summed E-state index contributed by atoms with van der Waals surface area (Å²) in [4.78, 5) is 50.5. The van der Waals surface area contributed by atoms with Gasteiger partial charge in [-0.3, -0.25) is 18.8 Å². The highest BCUT2D eigenvalue weighted by molar-refractivity contribution is 5.94. The van der Waals surface area contributed by atoms with Gasteiger partial charge in [0.05, 0.1) is 25.2 Å². The van der Waals surface area contributed by atoms with Crippen LogP contribution in [0.4, 0.5) is 4.39 Å². The fourth-order valence-corrected chi connectivity index (χ4v) is 5.27. The molecule has 0 unspecified atom stereocenters. The summed E-state index contributed by atoms with van der Waals surface area (Å²) in [6.07, 6.45) is 15.1. The van der Waals surface area contributed by atoms with Gasteiger partial charge in [-0.2, -0.15) is 0 Å². The van der Waals surface area contributed by atoms with Crippen molar-refractivity contribution in [3.63, 3.8) is 0 Å². The zero-order valence-electron chi connectivity index (χ0n) is 28.4. The number of unbranched alkanes of at least 4 members (excludes halogenated alkanes) is 9. The highest BCUT2D eigenvalue weighted by Gasteiger charge is 2.47. The first-order valence-electron chi connectivity index (χ1n) is 17.4. The van der Waals surface area contributed by atoms with Crippen molar-refractivity contribution in [1.29, 1.82) is 0 Å². The number of amides is 1. The van der Waals surface area contributed by atoms with Crippen molar-refractivity contribution in [3.8, 4) is 5.75 Å². The minimum absolute atomic E-state index is 0.141. The number of hydrogen-bond acceptors (Lipinski definition) is 6. The van der Waals surface area contributed by atoms with E-state index in [0.29, 0.717) is 37.4 Å². The third kappa shape index (κ3) is 16.0. The predicted octanol–water partition coefficient (Wildman–Crippen LogP) is 7.49. The van der Waals surface area contributed by atoms with Crippen LogP contribution in [0.2, 0.25) is 0 Å². The Morgan fingerprint density at radius 3 is 2.07 bits per heavy atom. The first-order chi connectivity index (χ1) is 22.1. The number of carbonyl (C=O) groups is 4. The molecule has 0 spiro atoms. The Morgan fingerprint density at radius 1 is 0.891 bits per heavy atom. The van der Waals surface area contributed by atoms with Crippen molar-refractivity contribution in [2.45, 2.75) is 142 Å². The van der Waals surface area contributed by atoms with E-state index in [1.807, 2.05) is 12.1 Å². The number of ether oxygens (including phenoxy) is 1. The Bertz CT molecular complexity index is 1060. The summed E-state index contributed by atoms with van der Waals surface area (Å²) in [6, 6.07) is 6.25. The van der Waals surface area contributed by atoms with Crippen molar-refractivity contribution in [2.24, 2.45) is 5.92 Å². The topological polar surface area (TPSA) is 130 Å². The van der Waals surface area contributed by atoms with E-state index < -0.39 is 42.5 Å². The lowest BCUT2D eigenvalue weighted by molar-refractivity contribution is -0.167. The van der Waals surface area contributed by atoms with Gasteiger partial charge in [0.15, 0.2) is 11.4 Å². The van der Waals surface area contributed by atoms with Crippen LogP contribution in [0.15, 0.2) is 36.4 Å². The monoisotopic (exact) mass is 647 g/mol. The number of carboxylic acid groups (broad SMARTS) is 1. The molecule has 8 nitrogen and oxygen atoms in total. The maximum Gasteiger partial charge on any atom is 0.336 e. The number of aliphatic carboxylic acids is 1. The van der Waals surface area contributed by atoms with E-state index in [2.05, 4.69) is 19.2 Å². The molecule has 9 heteroatoms. The lowest BCUT2D eigenvalue weighted by atomic mass is 9.83. The number of Topliss-reactive ketones (excluding diaryl/α,β-unsaturated/α-hetero) is 2. The van der Waals surface area contributed by atoms with Crippen molar-refractivity contribution < 1.29 is 38.5 Å². The maximum absolute atomic E-state index is 13.5. The Kier molecular flexibility index (Phi) is 21.5. The largest absolute Gasteiger partial charge is 0.494 e. The molecule has 0 aliphatic heterocycles. The summed E-state index contributed by atoms with van der Waals surface area (Å²) in [6.45, 7) is 5.38. The zero-order chi connectivity index (χ0) is 34.2. The molecule has 46 heavy (non-hydrogen) atoms.